The van der Waals surface area contributed by atoms with Gasteiger partial charge in [0, 0.05) is 11.9 Å². The zero-order valence-corrected chi connectivity index (χ0v) is 16.4. The van der Waals surface area contributed by atoms with Gasteiger partial charge in [0.2, 0.25) is 5.28 Å². The molecule has 0 amide bonds. The quantitative estimate of drug-likeness (QED) is 0.502. The van der Waals surface area contributed by atoms with Gasteiger partial charge in [-0.15, -0.1) is 0 Å². The summed E-state index contributed by atoms with van der Waals surface area (Å²) >= 11 is 6.12. The number of imidazole rings is 1. The molecule has 0 aliphatic rings. The summed E-state index contributed by atoms with van der Waals surface area (Å²) in [7, 11) is -3.25. The van der Waals surface area contributed by atoms with E-state index in [0.29, 0.717) is 29.2 Å². The highest BCUT2D eigenvalue weighted by molar-refractivity contribution is 7.90. The third-order valence-corrected chi connectivity index (χ3v) is 5.48. The molecule has 0 radical (unpaired) electrons. The van der Waals surface area contributed by atoms with Crippen molar-refractivity contribution in [1.82, 2.24) is 19.5 Å². The molecule has 0 saturated heterocycles. The molecule has 0 fully saturated rings. The molecule has 0 unspecified atom stereocenters. The molecule has 0 saturated carbocycles. The van der Waals surface area contributed by atoms with Crippen LogP contribution in [0.25, 0.3) is 11.2 Å². The van der Waals surface area contributed by atoms with Gasteiger partial charge in [-0.1, -0.05) is 30.3 Å². The molecule has 0 bridgehead atoms. The summed E-state index contributed by atoms with van der Waals surface area (Å²) in [5.74, 6) is 0.453. The number of fused-ring (bicyclic) bond motifs is 1. The Hall–Kier alpha value is -2.97. The fourth-order valence-corrected chi connectivity index (χ4v) is 3.62. The molecule has 142 valence electrons. The van der Waals surface area contributed by atoms with Crippen LogP contribution in [0.4, 0.5) is 11.5 Å². The van der Waals surface area contributed by atoms with Gasteiger partial charge in [0.15, 0.2) is 26.8 Å². The highest BCUT2D eigenvalue weighted by Gasteiger charge is 2.14. The predicted octanol–water partition coefficient (Wildman–Crippen LogP) is 3.68. The van der Waals surface area contributed by atoms with Gasteiger partial charge in [0.1, 0.15) is 0 Å². The molecule has 2 heterocycles. The molecule has 28 heavy (non-hydrogen) atoms. The van der Waals surface area contributed by atoms with Crippen molar-refractivity contribution in [1.29, 1.82) is 0 Å². The van der Waals surface area contributed by atoms with Crippen LogP contribution >= 0.6 is 11.6 Å². The summed E-state index contributed by atoms with van der Waals surface area (Å²) in [5, 5.41) is 3.23. The van der Waals surface area contributed by atoms with Crippen molar-refractivity contribution in [2.75, 3.05) is 11.6 Å². The first kappa shape index (κ1) is 18.4. The molecule has 0 atom stereocenters. The second kappa shape index (κ2) is 7.21. The largest absolute Gasteiger partial charge is 0.338 e. The maximum absolute atomic E-state index is 11.6. The van der Waals surface area contributed by atoms with E-state index in [1.807, 2.05) is 34.9 Å². The Kier molecular flexibility index (Phi) is 4.74. The number of benzene rings is 2. The molecule has 0 aliphatic carbocycles. The fourth-order valence-electron chi connectivity index (χ4n) is 2.82. The smallest absolute Gasteiger partial charge is 0.226 e. The summed E-state index contributed by atoms with van der Waals surface area (Å²) < 4.78 is 25.1. The van der Waals surface area contributed by atoms with Crippen molar-refractivity contribution in [3.63, 3.8) is 0 Å². The van der Waals surface area contributed by atoms with Crippen LogP contribution in [0, 0.1) is 0 Å². The van der Waals surface area contributed by atoms with Crippen LogP contribution in [0.1, 0.15) is 5.56 Å². The van der Waals surface area contributed by atoms with Gasteiger partial charge in [-0.2, -0.15) is 9.97 Å². The van der Waals surface area contributed by atoms with Crippen molar-refractivity contribution in [3.05, 3.63) is 71.8 Å². The number of nitrogens with zero attached hydrogens (tertiary/aromatic N) is 4. The Bertz CT molecular complexity index is 1240. The zero-order chi connectivity index (χ0) is 19.7. The highest BCUT2D eigenvalue weighted by Crippen LogP contribution is 2.25. The van der Waals surface area contributed by atoms with Crippen molar-refractivity contribution in [2.24, 2.45) is 0 Å². The van der Waals surface area contributed by atoms with Crippen LogP contribution in [0.15, 0.2) is 65.8 Å². The monoisotopic (exact) mass is 413 g/mol. The van der Waals surface area contributed by atoms with E-state index >= 15 is 0 Å². The van der Waals surface area contributed by atoms with E-state index < -0.39 is 9.84 Å². The summed E-state index contributed by atoms with van der Waals surface area (Å²) in [5.41, 5.74) is 2.97. The van der Waals surface area contributed by atoms with Gasteiger partial charge in [0.05, 0.1) is 17.8 Å². The zero-order valence-electron chi connectivity index (χ0n) is 14.9. The normalized spacial score (nSPS) is 11.6. The van der Waals surface area contributed by atoms with Crippen LogP contribution < -0.4 is 5.32 Å². The van der Waals surface area contributed by atoms with E-state index in [-0.39, 0.29) is 10.2 Å². The van der Waals surface area contributed by atoms with E-state index in [1.165, 1.54) is 18.4 Å². The van der Waals surface area contributed by atoms with E-state index in [9.17, 15) is 8.42 Å². The summed E-state index contributed by atoms with van der Waals surface area (Å²) in [6.07, 6.45) is 2.86. The minimum Gasteiger partial charge on any atom is -0.338 e. The molecule has 7 nitrogen and oxygen atoms in total. The third kappa shape index (κ3) is 3.83. The second-order valence-corrected chi connectivity index (χ2v) is 8.65. The standard InChI is InChI=1S/C19H16ClN5O2S/c1-28(26,27)15-9-7-14(8-10-15)22-17-16-18(24-19(20)23-17)25(12-21-16)11-13-5-3-2-4-6-13/h2-10,12H,11H2,1H3,(H,22,23,24). The molecule has 1 N–H and O–H groups in total. The molecular formula is C19H16ClN5O2S. The molecule has 0 spiro atoms. The first-order valence-corrected chi connectivity index (χ1v) is 10.7. The molecule has 0 aliphatic heterocycles. The van der Waals surface area contributed by atoms with Crippen LogP contribution in [0.3, 0.4) is 0 Å². The lowest BCUT2D eigenvalue weighted by molar-refractivity contribution is 0.602. The summed E-state index contributed by atoms with van der Waals surface area (Å²) in [6, 6.07) is 16.4. The Morgan fingerprint density at radius 1 is 1.04 bits per heavy atom. The second-order valence-electron chi connectivity index (χ2n) is 6.29. The van der Waals surface area contributed by atoms with Crippen LogP contribution in [0.5, 0.6) is 0 Å². The number of aromatic nitrogens is 4. The number of sulfone groups is 1. The van der Waals surface area contributed by atoms with Crippen molar-refractivity contribution in [2.45, 2.75) is 11.4 Å². The molecule has 2 aromatic carbocycles. The molecule has 2 aromatic heterocycles. The topological polar surface area (TPSA) is 89.8 Å². The van der Waals surface area contributed by atoms with Gasteiger partial charge in [-0.25, -0.2) is 13.4 Å². The average molecular weight is 414 g/mol. The number of anilines is 2. The lowest BCUT2D eigenvalue weighted by Crippen LogP contribution is -2.02. The summed E-state index contributed by atoms with van der Waals surface area (Å²) in [4.78, 5) is 13.2. The van der Waals surface area contributed by atoms with Gasteiger partial charge >= 0.3 is 0 Å². The van der Waals surface area contributed by atoms with Gasteiger partial charge < -0.3 is 9.88 Å². The number of rotatable bonds is 5. The van der Waals surface area contributed by atoms with E-state index in [0.717, 1.165) is 5.56 Å². The van der Waals surface area contributed by atoms with Gasteiger partial charge in [-0.05, 0) is 41.4 Å². The van der Waals surface area contributed by atoms with Crippen molar-refractivity contribution >= 4 is 44.1 Å². The SMILES string of the molecule is CS(=O)(=O)c1ccc(Nc2nc(Cl)nc3c2ncn3Cc2ccccc2)cc1. The lowest BCUT2D eigenvalue weighted by atomic mass is 10.2. The average Bonchev–Trinajstić information content (AvgIpc) is 3.05. The van der Waals surface area contributed by atoms with Gasteiger partial charge in [0.25, 0.3) is 0 Å². The number of halogens is 1. The van der Waals surface area contributed by atoms with E-state index in [2.05, 4.69) is 20.3 Å². The predicted molar refractivity (Wildman–Crippen MR) is 109 cm³/mol. The molecule has 4 rings (SSSR count). The maximum Gasteiger partial charge on any atom is 0.226 e. The van der Waals surface area contributed by atoms with Crippen LogP contribution in [0.2, 0.25) is 5.28 Å². The first-order chi connectivity index (χ1) is 13.4. The molecule has 9 heteroatoms. The first-order valence-electron chi connectivity index (χ1n) is 8.39. The van der Waals surface area contributed by atoms with Gasteiger partial charge in [-0.3, -0.25) is 0 Å². The molecule has 4 aromatic rings. The number of hydrogen-bond acceptors (Lipinski definition) is 6. The number of hydrogen-bond donors (Lipinski definition) is 1. The lowest BCUT2D eigenvalue weighted by Gasteiger charge is -2.08. The minimum atomic E-state index is -3.25. The third-order valence-electron chi connectivity index (χ3n) is 4.18. The van der Waals surface area contributed by atoms with Crippen LogP contribution in [-0.2, 0) is 16.4 Å². The fraction of sp³-hybridized carbons (Fsp3) is 0.105. The molecular weight excluding hydrogens is 398 g/mol. The van der Waals surface area contributed by atoms with E-state index in [1.54, 1.807) is 18.5 Å². The van der Waals surface area contributed by atoms with Crippen LogP contribution in [-0.4, -0.2) is 34.2 Å². The highest BCUT2D eigenvalue weighted by atomic mass is 35.5. The number of nitrogens with one attached hydrogen (secondary N) is 1. The van der Waals surface area contributed by atoms with Crippen molar-refractivity contribution in [3.8, 4) is 0 Å². The van der Waals surface area contributed by atoms with E-state index in [4.69, 9.17) is 11.6 Å². The Morgan fingerprint density at radius 2 is 1.75 bits per heavy atom. The van der Waals surface area contributed by atoms with Crippen molar-refractivity contribution < 1.29 is 8.42 Å². The Labute approximate surface area is 167 Å². The Morgan fingerprint density at radius 3 is 2.43 bits per heavy atom. The maximum atomic E-state index is 11.6. The summed E-state index contributed by atoms with van der Waals surface area (Å²) in [6.45, 7) is 0.604. The minimum absolute atomic E-state index is 0.0950. The Balaban J connectivity index is 1.68.